The summed E-state index contributed by atoms with van der Waals surface area (Å²) in [6.45, 7) is 1.88. The third-order valence-electron chi connectivity index (χ3n) is 5.18. The molecule has 9 heteroatoms. The summed E-state index contributed by atoms with van der Waals surface area (Å²) in [5, 5.41) is 2.91. The smallest absolute Gasteiger partial charge is 0.317 e. The van der Waals surface area contributed by atoms with E-state index in [4.69, 9.17) is 0 Å². The van der Waals surface area contributed by atoms with E-state index in [9.17, 15) is 13.2 Å². The van der Waals surface area contributed by atoms with Crippen molar-refractivity contribution in [1.29, 1.82) is 0 Å². The fraction of sp³-hybridized carbons (Fsp3) is 0.333. The van der Waals surface area contributed by atoms with E-state index in [2.05, 4.69) is 10.3 Å². The molecule has 0 unspecified atom stereocenters. The van der Waals surface area contributed by atoms with Crippen LogP contribution in [0.15, 0.2) is 60.9 Å². The zero-order valence-electron chi connectivity index (χ0n) is 16.6. The number of pyridine rings is 1. The number of piperazine rings is 1. The first-order valence-electron chi connectivity index (χ1n) is 9.98. The Balaban J connectivity index is 1.24. The molecule has 0 radical (unpaired) electrons. The minimum absolute atomic E-state index is 0.0148. The molecular formula is C21H25N5O3S. The summed E-state index contributed by atoms with van der Waals surface area (Å²) < 4.78 is 28.7. The van der Waals surface area contributed by atoms with Crippen molar-refractivity contribution in [2.75, 3.05) is 32.7 Å². The Hall–Kier alpha value is -2.91. The van der Waals surface area contributed by atoms with Gasteiger partial charge in [0.25, 0.3) is 0 Å². The fourth-order valence-electron chi connectivity index (χ4n) is 3.56. The first-order chi connectivity index (χ1) is 14.5. The molecule has 1 fully saturated rings. The molecule has 30 heavy (non-hydrogen) atoms. The van der Waals surface area contributed by atoms with E-state index in [1.165, 1.54) is 4.31 Å². The molecule has 3 heterocycles. The van der Waals surface area contributed by atoms with E-state index in [1.807, 2.05) is 65.3 Å². The van der Waals surface area contributed by atoms with Gasteiger partial charge >= 0.3 is 6.03 Å². The molecule has 1 saturated heterocycles. The van der Waals surface area contributed by atoms with Crippen LogP contribution in [0.1, 0.15) is 11.3 Å². The van der Waals surface area contributed by atoms with E-state index >= 15 is 0 Å². The number of aromatic nitrogens is 2. The van der Waals surface area contributed by atoms with Crippen molar-refractivity contribution in [1.82, 2.24) is 23.9 Å². The maximum absolute atomic E-state index is 12.6. The molecule has 0 atom stereocenters. The highest BCUT2D eigenvalue weighted by Gasteiger charge is 2.28. The van der Waals surface area contributed by atoms with Crippen LogP contribution in [0.3, 0.4) is 0 Å². The number of benzene rings is 1. The van der Waals surface area contributed by atoms with E-state index in [0.29, 0.717) is 39.1 Å². The molecule has 3 aromatic rings. The minimum atomic E-state index is -3.39. The molecule has 0 spiro atoms. The average Bonchev–Trinajstić information content (AvgIpc) is 3.17. The molecule has 0 bridgehead atoms. The van der Waals surface area contributed by atoms with Crippen molar-refractivity contribution in [3.63, 3.8) is 0 Å². The molecule has 1 aromatic carbocycles. The molecule has 1 aliphatic rings. The third kappa shape index (κ3) is 4.80. The van der Waals surface area contributed by atoms with Crippen LogP contribution in [0.5, 0.6) is 0 Å². The second-order valence-electron chi connectivity index (χ2n) is 7.31. The highest BCUT2D eigenvalue weighted by Crippen LogP contribution is 2.13. The van der Waals surface area contributed by atoms with Crippen molar-refractivity contribution in [3.05, 3.63) is 72.2 Å². The van der Waals surface area contributed by atoms with Crippen molar-refractivity contribution in [2.45, 2.75) is 12.2 Å². The van der Waals surface area contributed by atoms with Crippen LogP contribution in [0.2, 0.25) is 0 Å². The van der Waals surface area contributed by atoms with E-state index in [-0.39, 0.29) is 11.8 Å². The van der Waals surface area contributed by atoms with Crippen molar-refractivity contribution < 1.29 is 13.2 Å². The minimum Gasteiger partial charge on any atom is -0.338 e. The first-order valence-corrected chi connectivity index (χ1v) is 11.6. The molecule has 0 saturated carbocycles. The lowest BCUT2D eigenvalue weighted by Crippen LogP contribution is -2.53. The molecule has 8 nitrogen and oxygen atoms in total. The number of nitrogens with zero attached hydrogens (tertiary/aromatic N) is 4. The van der Waals surface area contributed by atoms with E-state index in [1.54, 1.807) is 4.90 Å². The Labute approximate surface area is 176 Å². The third-order valence-corrected chi connectivity index (χ3v) is 7.03. The maximum atomic E-state index is 12.6. The zero-order chi connectivity index (χ0) is 21.0. The average molecular weight is 428 g/mol. The van der Waals surface area contributed by atoms with Gasteiger partial charge in [-0.2, -0.15) is 4.31 Å². The van der Waals surface area contributed by atoms with Crippen LogP contribution >= 0.6 is 0 Å². The van der Waals surface area contributed by atoms with Crippen LogP contribution in [-0.2, 0) is 22.2 Å². The van der Waals surface area contributed by atoms with Crippen molar-refractivity contribution in [2.24, 2.45) is 0 Å². The highest BCUT2D eigenvalue weighted by molar-refractivity contribution is 7.88. The predicted octanol–water partition coefficient (Wildman–Crippen LogP) is 1.73. The summed E-state index contributed by atoms with van der Waals surface area (Å²) in [5.74, 6) is -0.0148. The number of hydrogen-bond donors (Lipinski definition) is 1. The zero-order valence-corrected chi connectivity index (χ0v) is 17.5. The summed E-state index contributed by atoms with van der Waals surface area (Å²) in [7, 11) is -3.39. The van der Waals surface area contributed by atoms with Crippen LogP contribution in [0.25, 0.3) is 5.65 Å². The number of rotatable bonds is 6. The Bertz CT molecular complexity index is 1070. The number of urea groups is 1. The number of nitrogens with one attached hydrogen (secondary N) is 1. The fourth-order valence-corrected chi connectivity index (χ4v) is 5.08. The van der Waals surface area contributed by atoms with Gasteiger partial charge in [0.15, 0.2) is 0 Å². The molecule has 1 N–H and O–H groups in total. The van der Waals surface area contributed by atoms with Crippen LogP contribution in [-0.4, -0.2) is 65.8 Å². The second-order valence-corrected chi connectivity index (χ2v) is 9.28. The maximum Gasteiger partial charge on any atom is 0.317 e. The van der Waals surface area contributed by atoms with Gasteiger partial charge in [-0.1, -0.05) is 36.4 Å². The van der Waals surface area contributed by atoms with Gasteiger partial charge in [-0.05, 0) is 17.7 Å². The van der Waals surface area contributed by atoms with Crippen LogP contribution in [0, 0.1) is 0 Å². The summed E-state index contributed by atoms with van der Waals surface area (Å²) in [6, 6.07) is 14.8. The lowest BCUT2D eigenvalue weighted by atomic mass is 10.2. The van der Waals surface area contributed by atoms with E-state index in [0.717, 1.165) is 16.9 Å². The molecule has 2 amide bonds. The van der Waals surface area contributed by atoms with Gasteiger partial charge in [-0.15, -0.1) is 0 Å². The van der Waals surface area contributed by atoms with Gasteiger partial charge in [0.1, 0.15) is 5.65 Å². The summed E-state index contributed by atoms with van der Waals surface area (Å²) >= 11 is 0. The molecule has 4 rings (SSSR count). The summed E-state index contributed by atoms with van der Waals surface area (Å²) in [5.41, 5.74) is 2.56. The second kappa shape index (κ2) is 8.85. The Morgan fingerprint density at radius 2 is 1.73 bits per heavy atom. The normalized spacial score (nSPS) is 15.4. The first kappa shape index (κ1) is 20.4. The Kier molecular flexibility index (Phi) is 6.01. The van der Waals surface area contributed by atoms with Crippen molar-refractivity contribution in [3.8, 4) is 0 Å². The van der Waals surface area contributed by atoms with Gasteiger partial charge < -0.3 is 14.6 Å². The predicted molar refractivity (Wildman–Crippen MR) is 115 cm³/mol. The summed E-state index contributed by atoms with van der Waals surface area (Å²) in [6.07, 6.45) is 4.53. The molecule has 1 aliphatic heterocycles. The van der Waals surface area contributed by atoms with Gasteiger partial charge in [-0.3, -0.25) is 0 Å². The monoisotopic (exact) mass is 427 g/mol. The Morgan fingerprint density at radius 1 is 1.00 bits per heavy atom. The quantitative estimate of drug-likeness (QED) is 0.649. The molecule has 2 aromatic heterocycles. The van der Waals surface area contributed by atoms with Gasteiger partial charge in [-0.25, -0.2) is 18.2 Å². The van der Waals surface area contributed by atoms with Gasteiger partial charge in [0.2, 0.25) is 10.0 Å². The largest absolute Gasteiger partial charge is 0.338 e. The van der Waals surface area contributed by atoms with Gasteiger partial charge in [0.05, 0.1) is 11.4 Å². The molecule has 158 valence electrons. The van der Waals surface area contributed by atoms with Crippen LogP contribution in [0.4, 0.5) is 4.79 Å². The van der Waals surface area contributed by atoms with E-state index < -0.39 is 10.0 Å². The van der Waals surface area contributed by atoms with Crippen molar-refractivity contribution >= 4 is 21.7 Å². The Morgan fingerprint density at radius 3 is 2.47 bits per heavy atom. The number of carbonyl (C=O) groups excluding carboxylic acids is 1. The molecular weight excluding hydrogens is 402 g/mol. The van der Waals surface area contributed by atoms with Crippen LogP contribution < -0.4 is 5.32 Å². The summed E-state index contributed by atoms with van der Waals surface area (Å²) in [4.78, 5) is 18.6. The number of fused-ring (bicyclic) bond motifs is 1. The standard InChI is InChI=1S/C21H25N5O3S/c27-21(22-10-9-19-16-25-11-5-4-8-20(25)23-19)24-12-14-26(15-13-24)30(28,29)17-18-6-2-1-3-7-18/h1-8,11,16H,9-10,12-15,17H2,(H,22,27). The lowest BCUT2D eigenvalue weighted by molar-refractivity contribution is 0.172. The number of carbonyl (C=O) groups is 1. The topological polar surface area (TPSA) is 87.0 Å². The lowest BCUT2D eigenvalue weighted by Gasteiger charge is -2.34. The number of amides is 2. The number of sulfonamides is 1. The highest BCUT2D eigenvalue weighted by atomic mass is 32.2. The number of imidazole rings is 1. The SMILES string of the molecule is O=C(NCCc1cn2ccccc2n1)N1CCN(S(=O)(=O)Cc2ccccc2)CC1. The molecule has 0 aliphatic carbocycles. The number of hydrogen-bond acceptors (Lipinski definition) is 4. The van der Waals surface area contributed by atoms with Gasteiger partial charge in [0, 0.05) is 51.5 Å².